The molecule has 2 rings (SSSR count). The Bertz CT molecular complexity index is 584. The third-order valence-electron chi connectivity index (χ3n) is 4.30. The molecule has 118 valence electrons. The first-order valence-electron chi connectivity index (χ1n) is 7.69. The minimum Gasteiger partial charge on any atom is -0.316 e. The Balaban J connectivity index is 2.28. The van der Waals surface area contributed by atoms with Gasteiger partial charge in [0.25, 0.3) is 0 Å². The van der Waals surface area contributed by atoms with Gasteiger partial charge in [-0.3, -0.25) is 0 Å². The van der Waals surface area contributed by atoms with Crippen molar-refractivity contribution in [2.75, 3.05) is 20.1 Å². The van der Waals surface area contributed by atoms with Gasteiger partial charge in [-0.2, -0.15) is 4.31 Å². The van der Waals surface area contributed by atoms with Gasteiger partial charge in [0.05, 0.1) is 4.90 Å². The molecule has 0 amide bonds. The molecule has 1 fully saturated rings. The normalized spacial score (nSPS) is 21.2. The summed E-state index contributed by atoms with van der Waals surface area (Å²) in [5.41, 5.74) is 2.16. The number of aryl methyl sites for hydroxylation is 1. The fourth-order valence-electron chi connectivity index (χ4n) is 2.82. The van der Waals surface area contributed by atoms with Gasteiger partial charge in [0, 0.05) is 19.6 Å². The van der Waals surface area contributed by atoms with E-state index in [0.717, 1.165) is 30.4 Å². The molecule has 1 saturated heterocycles. The number of nitrogens with zero attached hydrogens (tertiary/aromatic N) is 1. The Morgan fingerprint density at radius 3 is 2.76 bits per heavy atom. The third-order valence-corrected chi connectivity index (χ3v) is 6.20. The molecule has 1 aliphatic rings. The van der Waals surface area contributed by atoms with Crippen LogP contribution in [0.2, 0.25) is 0 Å². The van der Waals surface area contributed by atoms with E-state index in [0.29, 0.717) is 30.4 Å². The molecule has 0 spiro atoms. The maximum absolute atomic E-state index is 12.8. The Hall–Kier alpha value is -0.910. The molecule has 1 unspecified atom stereocenters. The van der Waals surface area contributed by atoms with E-state index in [1.54, 1.807) is 10.4 Å². The van der Waals surface area contributed by atoms with Crippen molar-refractivity contribution in [2.45, 2.75) is 44.6 Å². The topological polar surface area (TPSA) is 49.4 Å². The molecule has 1 N–H and O–H groups in total. The van der Waals surface area contributed by atoms with E-state index in [4.69, 9.17) is 0 Å². The van der Waals surface area contributed by atoms with Crippen LogP contribution in [-0.2, 0) is 16.6 Å². The van der Waals surface area contributed by atoms with Crippen LogP contribution in [0.1, 0.15) is 37.3 Å². The maximum atomic E-state index is 12.8. The number of sulfonamides is 1. The zero-order chi connectivity index (χ0) is 15.5. The van der Waals surface area contributed by atoms with Crippen molar-refractivity contribution in [3.8, 4) is 0 Å². The van der Waals surface area contributed by atoms with Crippen LogP contribution < -0.4 is 5.32 Å². The van der Waals surface area contributed by atoms with Crippen LogP contribution in [0, 0.1) is 12.8 Å². The van der Waals surface area contributed by atoms with E-state index >= 15 is 0 Å². The van der Waals surface area contributed by atoms with E-state index in [1.165, 1.54) is 0 Å². The van der Waals surface area contributed by atoms with E-state index in [1.807, 2.05) is 26.1 Å². The van der Waals surface area contributed by atoms with E-state index < -0.39 is 10.0 Å². The quantitative estimate of drug-likeness (QED) is 0.929. The molecule has 1 aromatic rings. The van der Waals surface area contributed by atoms with Gasteiger partial charge in [0.2, 0.25) is 10.0 Å². The lowest BCUT2D eigenvalue weighted by Gasteiger charge is -2.21. The number of nitrogens with one attached hydrogen (secondary N) is 1. The minimum atomic E-state index is -3.36. The number of rotatable bonds is 4. The summed E-state index contributed by atoms with van der Waals surface area (Å²) in [5.74, 6) is 0.614. The van der Waals surface area contributed by atoms with Gasteiger partial charge in [-0.25, -0.2) is 8.42 Å². The zero-order valence-corrected chi connectivity index (χ0v) is 14.0. The second-order valence-electron chi connectivity index (χ2n) is 6.06. The van der Waals surface area contributed by atoms with Crippen LogP contribution in [0.5, 0.6) is 0 Å². The molecule has 1 heterocycles. The first kappa shape index (κ1) is 16.5. The van der Waals surface area contributed by atoms with Crippen LogP contribution in [0.3, 0.4) is 0 Å². The smallest absolute Gasteiger partial charge is 0.243 e. The summed E-state index contributed by atoms with van der Waals surface area (Å²) in [6.07, 6.45) is 3.02. The molecule has 1 aromatic carbocycles. The van der Waals surface area contributed by atoms with Crippen LogP contribution >= 0.6 is 0 Å². The minimum absolute atomic E-state index is 0.424. The lowest BCUT2D eigenvalue weighted by molar-refractivity contribution is 0.416. The Labute approximate surface area is 128 Å². The van der Waals surface area contributed by atoms with Crippen molar-refractivity contribution < 1.29 is 8.42 Å². The van der Waals surface area contributed by atoms with Crippen LogP contribution in [0.25, 0.3) is 0 Å². The molecule has 4 nitrogen and oxygen atoms in total. The molecule has 1 aliphatic heterocycles. The molecule has 1 atom stereocenters. The summed E-state index contributed by atoms with van der Waals surface area (Å²) in [7, 11) is -1.49. The largest absolute Gasteiger partial charge is 0.316 e. The summed E-state index contributed by atoms with van der Waals surface area (Å²) < 4.78 is 27.3. The maximum Gasteiger partial charge on any atom is 0.243 e. The summed E-state index contributed by atoms with van der Waals surface area (Å²) in [4.78, 5) is 0.424. The lowest BCUT2D eigenvalue weighted by Crippen LogP contribution is -2.32. The Kier molecular flexibility index (Phi) is 5.41. The Morgan fingerprint density at radius 2 is 2.05 bits per heavy atom. The standard InChI is InChI=1S/C16H26N2O2S/c1-13-5-4-9-18(10-8-13)21(19,20)16-7-6-14(2)15(11-16)12-17-3/h6-7,11,13,17H,4-5,8-10,12H2,1-3H3. The fraction of sp³-hybridized carbons (Fsp3) is 0.625. The second kappa shape index (κ2) is 6.90. The van der Waals surface area contributed by atoms with Crippen LogP contribution in [0.4, 0.5) is 0 Å². The molecular weight excluding hydrogens is 284 g/mol. The van der Waals surface area contributed by atoms with Gasteiger partial charge in [-0.05, 0) is 62.4 Å². The molecule has 0 bridgehead atoms. The second-order valence-corrected chi connectivity index (χ2v) is 8.00. The van der Waals surface area contributed by atoms with Gasteiger partial charge in [0.15, 0.2) is 0 Å². The van der Waals surface area contributed by atoms with Crippen molar-refractivity contribution in [3.63, 3.8) is 0 Å². The molecule has 21 heavy (non-hydrogen) atoms. The van der Waals surface area contributed by atoms with Crippen molar-refractivity contribution >= 4 is 10.0 Å². The number of hydrogen-bond donors (Lipinski definition) is 1. The van der Waals surface area contributed by atoms with Crippen LogP contribution in [-0.4, -0.2) is 32.9 Å². The van der Waals surface area contributed by atoms with Crippen molar-refractivity contribution in [2.24, 2.45) is 5.92 Å². The van der Waals surface area contributed by atoms with Gasteiger partial charge >= 0.3 is 0 Å². The Morgan fingerprint density at radius 1 is 1.29 bits per heavy atom. The lowest BCUT2D eigenvalue weighted by atomic mass is 10.0. The first-order chi connectivity index (χ1) is 9.95. The molecule has 0 saturated carbocycles. The van der Waals surface area contributed by atoms with Gasteiger partial charge in [-0.15, -0.1) is 0 Å². The zero-order valence-electron chi connectivity index (χ0n) is 13.2. The predicted octanol–water partition coefficient (Wildman–Crippen LogP) is 2.53. The third kappa shape index (κ3) is 3.84. The molecule has 0 aromatic heterocycles. The van der Waals surface area contributed by atoms with Gasteiger partial charge in [-0.1, -0.05) is 13.0 Å². The number of hydrogen-bond acceptors (Lipinski definition) is 3. The highest BCUT2D eigenvalue weighted by atomic mass is 32.2. The molecular formula is C16H26N2O2S. The molecule has 0 aliphatic carbocycles. The summed E-state index contributed by atoms with van der Waals surface area (Å²) >= 11 is 0. The highest BCUT2D eigenvalue weighted by molar-refractivity contribution is 7.89. The van der Waals surface area contributed by atoms with E-state index in [9.17, 15) is 8.42 Å². The van der Waals surface area contributed by atoms with Gasteiger partial charge < -0.3 is 5.32 Å². The van der Waals surface area contributed by atoms with E-state index in [-0.39, 0.29) is 0 Å². The van der Waals surface area contributed by atoms with Crippen molar-refractivity contribution in [3.05, 3.63) is 29.3 Å². The SMILES string of the molecule is CNCc1cc(S(=O)(=O)N2CCCC(C)CC2)ccc1C. The number of benzene rings is 1. The summed E-state index contributed by atoms with van der Waals surface area (Å²) in [5, 5.41) is 3.09. The van der Waals surface area contributed by atoms with Crippen molar-refractivity contribution in [1.29, 1.82) is 0 Å². The van der Waals surface area contributed by atoms with Gasteiger partial charge in [0.1, 0.15) is 0 Å². The monoisotopic (exact) mass is 310 g/mol. The highest BCUT2D eigenvalue weighted by Gasteiger charge is 2.26. The average Bonchev–Trinajstić information content (AvgIpc) is 2.66. The fourth-order valence-corrected chi connectivity index (χ4v) is 4.36. The molecule has 5 heteroatoms. The van der Waals surface area contributed by atoms with E-state index in [2.05, 4.69) is 12.2 Å². The predicted molar refractivity (Wildman–Crippen MR) is 85.7 cm³/mol. The molecule has 0 radical (unpaired) electrons. The van der Waals surface area contributed by atoms with Crippen molar-refractivity contribution in [1.82, 2.24) is 9.62 Å². The summed E-state index contributed by atoms with van der Waals surface area (Å²) in [6.45, 7) is 6.18. The summed E-state index contributed by atoms with van der Waals surface area (Å²) in [6, 6.07) is 5.45. The highest BCUT2D eigenvalue weighted by Crippen LogP contribution is 2.24. The first-order valence-corrected chi connectivity index (χ1v) is 9.13. The average molecular weight is 310 g/mol. The van der Waals surface area contributed by atoms with Crippen LogP contribution in [0.15, 0.2) is 23.1 Å².